The van der Waals surface area contributed by atoms with Crippen molar-refractivity contribution < 1.29 is 4.74 Å². The maximum atomic E-state index is 6.26. The number of hydrogen-bond acceptors (Lipinski definition) is 3. The van der Waals surface area contributed by atoms with Gasteiger partial charge in [0.15, 0.2) is 0 Å². The van der Waals surface area contributed by atoms with Gasteiger partial charge in [-0.15, -0.1) is 0 Å². The summed E-state index contributed by atoms with van der Waals surface area (Å²) >= 11 is 8.05. The predicted octanol–water partition coefficient (Wildman–Crippen LogP) is 6.15. The number of rotatable bonds is 3. The minimum Gasteiger partial charge on any atom is -0.497 e. The molecule has 0 atom stereocenters. The van der Waals surface area contributed by atoms with Gasteiger partial charge in [0.2, 0.25) is 0 Å². The molecule has 0 radical (unpaired) electrons. The number of ether oxygens (including phenoxy) is 1. The van der Waals surface area contributed by atoms with Gasteiger partial charge in [0.05, 0.1) is 18.5 Å². The van der Waals surface area contributed by atoms with Crippen LogP contribution in [0.25, 0.3) is 0 Å². The summed E-state index contributed by atoms with van der Waals surface area (Å²) in [6.07, 6.45) is 0. The first-order chi connectivity index (χ1) is 11.7. The van der Waals surface area contributed by atoms with Crippen molar-refractivity contribution in [2.45, 2.75) is 16.3 Å². The molecule has 0 aromatic heterocycles. The third-order valence-electron chi connectivity index (χ3n) is 4.06. The van der Waals surface area contributed by atoms with Crippen LogP contribution in [0.2, 0.25) is 5.02 Å². The first-order valence-corrected chi connectivity index (χ1v) is 8.91. The van der Waals surface area contributed by atoms with Crippen molar-refractivity contribution in [1.29, 1.82) is 0 Å². The second kappa shape index (κ2) is 6.42. The SMILES string of the molecule is COc1cccc(CN2c3ccccc3Sc3ccc(Cl)cc32)c1. The van der Waals surface area contributed by atoms with E-state index in [1.807, 2.05) is 24.3 Å². The van der Waals surface area contributed by atoms with Crippen molar-refractivity contribution in [3.63, 3.8) is 0 Å². The van der Waals surface area contributed by atoms with Crippen LogP contribution in [0.3, 0.4) is 0 Å². The quantitative estimate of drug-likeness (QED) is 0.560. The highest BCUT2D eigenvalue weighted by Gasteiger charge is 2.23. The Morgan fingerprint density at radius 2 is 1.75 bits per heavy atom. The van der Waals surface area contributed by atoms with Gasteiger partial charge >= 0.3 is 0 Å². The topological polar surface area (TPSA) is 12.5 Å². The summed E-state index contributed by atoms with van der Waals surface area (Å²) in [5.41, 5.74) is 3.55. The molecule has 0 amide bonds. The second-order valence-corrected chi connectivity index (χ2v) is 7.14. The number of benzene rings is 3. The molecule has 0 bridgehead atoms. The van der Waals surface area contributed by atoms with Crippen LogP contribution in [0.4, 0.5) is 11.4 Å². The average Bonchev–Trinajstić information content (AvgIpc) is 2.62. The molecule has 1 aliphatic heterocycles. The molecule has 4 heteroatoms. The Bertz CT molecular complexity index is 896. The second-order valence-electron chi connectivity index (χ2n) is 5.62. The van der Waals surface area contributed by atoms with Crippen molar-refractivity contribution in [3.8, 4) is 5.75 Å². The minimum absolute atomic E-state index is 0.754. The summed E-state index contributed by atoms with van der Waals surface area (Å²) in [6.45, 7) is 0.766. The van der Waals surface area contributed by atoms with Crippen LogP contribution in [0.5, 0.6) is 5.75 Å². The fourth-order valence-electron chi connectivity index (χ4n) is 2.93. The number of anilines is 2. The van der Waals surface area contributed by atoms with Crippen molar-refractivity contribution in [3.05, 3.63) is 77.3 Å². The Hall–Kier alpha value is -2.10. The van der Waals surface area contributed by atoms with Crippen LogP contribution in [0, 0.1) is 0 Å². The van der Waals surface area contributed by atoms with Crippen LogP contribution >= 0.6 is 23.4 Å². The largest absolute Gasteiger partial charge is 0.497 e. The lowest BCUT2D eigenvalue weighted by Crippen LogP contribution is -2.20. The van der Waals surface area contributed by atoms with Gasteiger partial charge in [-0.2, -0.15) is 0 Å². The monoisotopic (exact) mass is 353 g/mol. The zero-order chi connectivity index (χ0) is 16.5. The molecule has 0 spiro atoms. The number of para-hydroxylation sites is 1. The molecule has 24 heavy (non-hydrogen) atoms. The van der Waals surface area contributed by atoms with Crippen LogP contribution in [-0.4, -0.2) is 7.11 Å². The standard InChI is InChI=1S/C20H16ClNOS/c1-23-16-6-4-5-14(11-16)13-22-17-7-2-3-8-19(17)24-20-10-9-15(21)12-18(20)22/h2-12H,13H2,1H3. The first kappa shape index (κ1) is 15.4. The summed E-state index contributed by atoms with van der Waals surface area (Å²) in [7, 11) is 1.70. The number of halogens is 1. The molecule has 2 nitrogen and oxygen atoms in total. The molecular weight excluding hydrogens is 338 g/mol. The third-order valence-corrected chi connectivity index (χ3v) is 5.43. The van der Waals surface area contributed by atoms with Crippen LogP contribution in [0.15, 0.2) is 76.5 Å². The molecule has 0 saturated heterocycles. The van der Waals surface area contributed by atoms with Gasteiger partial charge in [-0.05, 0) is 48.0 Å². The fourth-order valence-corrected chi connectivity index (χ4v) is 4.17. The molecule has 0 N–H and O–H groups in total. The van der Waals surface area contributed by atoms with Crippen molar-refractivity contribution in [2.24, 2.45) is 0 Å². The molecule has 1 heterocycles. The molecule has 0 saturated carbocycles. The zero-order valence-corrected chi connectivity index (χ0v) is 14.8. The van der Waals surface area contributed by atoms with E-state index >= 15 is 0 Å². The van der Waals surface area contributed by atoms with Crippen molar-refractivity contribution in [1.82, 2.24) is 0 Å². The molecule has 120 valence electrons. The molecule has 1 aliphatic rings. The van der Waals surface area contributed by atoms with Gasteiger partial charge in [-0.25, -0.2) is 0 Å². The van der Waals surface area contributed by atoms with Crippen molar-refractivity contribution >= 4 is 34.7 Å². The van der Waals surface area contributed by atoms with Gasteiger partial charge in [0.1, 0.15) is 5.75 Å². The molecule has 0 unspecified atom stereocenters. The molecule has 0 aliphatic carbocycles. The van der Waals surface area contributed by atoms with E-state index in [0.717, 1.165) is 23.0 Å². The van der Waals surface area contributed by atoms with E-state index in [9.17, 15) is 0 Å². The summed E-state index contributed by atoms with van der Waals surface area (Å²) in [5, 5.41) is 0.754. The van der Waals surface area contributed by atoms with E-state index in [2.05, 4.69) is 47.4 Å². The number of hydrogen-bond donors (Lipinski definition) is 0. The average molecular weight is 354 g/mol. The molecule has 0 fully saturated rings. The summed E-state index contributed by atoms with van der Waals surface area (Å²) < 4.78 is 5.36. The lowest BCUT2D eigenvalue weighted by molar-refractivity contribution is 0.414. The summed E-state index contributed by atoms with van der Waals surface area (Å²) in [4.78, 5) is 4.80. The normalized spacial score (nSPS) is 12.5. The van der Waals surface area contributed by atoms with Gasteiger partial charge in [0.25, 0.3) is 0 Å². The molecule has 3 aromatic carbocycles. The van der Waals surface area contributed by atoms with Gasteiger partial charge in [-0.1, -0.05) is 47.6 Å². The summed E-state index contributed by atoms with van der Waals surface area (Å²) in [6, 6.07) is 22.8. The summed E-state index contributed by atoms with van der Waals surface area (Å²) in [5.74, 6) is 0.874. The van der Waals surface area contributed by atoms with Crippen LogP contribution < -0.4 is 9.64 Å². The Morgan fingerprint density at radius 3 is 2.62 bits per heavy atom. The van der Waals surface area contributed by atoms with Crippen LogP contribution in [-0.2, 0) is 6.54 Å². The lowest BCUT2D eigenvalue weighted by atomic mass is 10.1. The molecular formula is C20H16ClNOS. The molecule has 4 rings (SSSR count). The highest BCUT2D eigenvalue weighted by molar-refractivity contribution is 7.99. The zero-order valence-electron chi connectivity index (χ0n) is 13.2. The number of nitrogens with zero attached hydrogens (tertiary/aromatic N) is 1. The Labute approximate surface area is 151 Å². The van der Waals surface area contributed by atoms with E-state index in [1.54, 1.807) is 18.9 Å². The maximum absolute atomic E-state index is 6.26. The van der Waals surface area contributed by atoms with Gasteiger partial charge < -0.3 is 9.64 Å². The highest BCUT2D eigenvalue weighted by atomic mass is 35.5. The van der Waals surface area contributed by atoms with E-state index in [-0.39, 0.29) is 0 Å². The fraction of sp³-hybridized carbons (Fsp3) is 0.100. The Morgan fingerprint density at radius 1 is 0.917 bits per heavy atom. The Kier molecular flexibility index (Phi) is 4.13. The van der Waals surface area contributed by atoms with Crippen molar-refractivity contribution in [2.75, 3.05) is 12.0 Å². The smallest absolute Gasteiger partial charge is 0.119 e. The van der Waals surface area contributed by atoms with E-state index < -0.39 is 0 Å². The predicted molar refractivity (Wildman–Crippen MR) is 101 cm³/mol. The number of methoxy groups -OCH3 is 1. The van der Waals surface area contributed by atoms with Gasteiger partial charge in [-0.3, -0.25) is 0 Å². The lowest BCUT2D eigenvalue weighted by Gasteiger charge is -2.33. The van der Waals surface area contributed by atoms with E-state index in [4.69, 9.17) is 16.3 Å². The third kappa shape index (κ3) is 2.85. The first-order valence-electron chi connectivity index (χ1n) is 7.71. The maximum Gasteiger partial charge on any atom is 0.119 e. The highest BCUT2D eigenvalue weighted by Crippen LogP contribution is 2.49. The van der Waals surface area contributed by atoms with E-state index in [1.165, 1.54) is 21.0 Å². The molecule has 3 aromatic rings. The Balaban J connectivity index is 1.80. The van der Waals surface area contributed by atoms with Crippen LogP contribution in [0.1, 0.15) is 5.56 Å². The van der Waals surface area contributed by atoms with Gasteiger partial charge in [0, 0.05) is 21.4 Å². The minimum atomic E-state index is 0.754. The number of fused-ring (bicyclic) bond motifs is 2. The van der Waals surface area contributed by atoms with E-state index in [0.29, 0.717) is 0 Å².